The molecule has 2 aromatic heterocycles. The summed E-state index contributed by atoms with van der Waals surface area (Å²) in [6, 6.07) is 5.72. The summed E-state index contributed by atoms with van der Waals surface area (Å²) in [7, 11) is 0. The number of aromatic nitrogens is 3. The van der Waals surface area contributed by atoms with E-state index >= 15 is 0 Å². The molecule has 1 atom stereocenters. The second-order valence-electron chi connectivity index (χ2n) is 7.69. The van der Waals surface area contributed by atoms with E-state index in [1.165, 1.54) is 6.33 Å². The minimum Gasteiger partial charge on any atom is -0.385 e. The van der Waals surface area contributed by atoms with Crippen LogP contribution >= 0.6 is 0 Å². The fourth-order valence-electron chi connectivity index (χ4n) is 3.76. The predicted molar refractivity (Wildman–Crippen MR) is 112 cm³/mol. The molecule has 8 heteroatoms. The van der Waals surface area contributed by atoms with Crippen LogP contribution in [0.1, 0.15) is 25.7 Å². The van der Waals surface area contributed by atoms with Crippen LogP contribution in [0, 0.1) is 11.8 Å². The van der Waals surface area contributed by atoms with Crippen LogP contribution < -0.4 is 16.0 Å². The molecule has 154 valence electrons. The number of pyridine rings is 1. The van der Waals surface area contributed by atoms with Crippen molar-refractivity contribution in [3.8, 4) is 11.4 Å². The van der Waals surface area contributed by atoms with Crippen molar-refractivity contribution in [2.45, 2.75) is 25.7 Å². The van der Waals surface area contributed by atoms with Crippen LogP contribution in [0.2, 0.25) is 0 Å². The fourth-order valence-corrected chi connectivity index (χ4v) is 3.76. The smallest absolute Gasteiger partial charge is 0.229 e. The maximum atomic E-state index is 12.5. The predicted octanol–water partition coefficient (Wildman–Crippen LogP) is 2.32. The van der Waals surface area contributed by atoms with Gasteiger partial charge in [0.05, 0.1) is 17.3 Å². The quantitative estimate of drug-likeness (QED) is 0.689. The molecule has 29 heavy (non-hydrogen) atoms. The summed E-state index contributed by atoms with van der Waals surface area (Å²) in [6.45, 7) is 4.31. The Bertz CT molecular complexity index is 818. The third-order valence-electron chi connectivity index (χ3n) is 5.54. The van der Waals surface area contributed by atoms with Crippen LogP contribution in [0.5, 0.6) is 0 Å². The first-order chi connectivity index (χ1) is 14.3. The number of carbonyl (C=O) groups is 1. The number of hydrogen-bond acceptors (Lipinski definition) is 7. The zero-order chi connectivity index (χ0) is 19.9. The summed E-state index contributed by atoms with van der Waals surface area (Å²) in [5.41, 5.74) is 2.45. The fraction of sp³-hybridized carbons (Fsp3) is 0.524. The molecule has 4 rings (SSSR count). The lowest BCUT2D eigenvalue weighted by atomic mass is 9.99. The van der Waals surface area contributed by atoms with Gasteiger partial charge < -0.3 is 20.7 Å². The molecule has 1 unspecified atom stereocenters. The van der Waals surface area contributed by atoms with E-state index in [2.05, 4.69) is 30.9 Å². The molecule has 0 bridgehead atoms. The second kappa shape index (κ2) is 9.76. The summed E-state index contributed by atoms with van der Waals surface area (Å²) >= 11 is 0. The molecule has 1 amide bonds. The van der Waals surface area contributed by atoms with Gasteiger partial charge in [-0.3, -0.25) is 9.78 Å². The Morgan fingerprint density at radius 2 is 2.00 bits per heavy atom. The zero-order valence-corrected chi connectivity index (χ0v) is 16.6. The number of anilines is 2. The lowest BCUT2D eigenvalue weighted by Crippen LogP contribution is -2.37. The summed E-state index contributed by atoms with van der Waals surface area (Å²) in [5.74, 6) is 1.13. The normalized spacial score (nSPS) is 20.2. The lowest BCUT2D eigenvalue weighted by Gasteiger charge is -2.22. The van der Waals surface area contributed by atoms with Gasteiger partial charge in [0.25, 0.3) is 0 Å². The Hall–Kier alpha value is -2.58. The summed E-state index contributed by atoms with van der Waals surface area (Å²) in [5, 5.41) is 9.68. The molecular formula is C21H28N6O2. The van der Waals surface area contributed by atoms with E-state index in [0.29, 0.717) is 24.0 Å². The number of ether oxygens (including phenoxy) is 1. The Morgan fingerprint density at radius 3 is 2.83 bits per heavy atom. The molecular weight excluding hydrogens is 368 g/mol. The van der Waals surface area contributed by atoms with E-state index in [1.54, 1.807) is 12.3 Å². The number of piperidine rings is 1. The minimum absolute atomic E-state index is 0.00156. The molecule has 0 saturated carbocycles. The van der Waals surface area contributed by atoms with Crippen LogP contribution in [0.25, 0.3) is 11.4 Å². The molecule has 2 saturated heterocycles. The van der Waals surface area contributed by atoms with Crippen molar-refractivity contribution >= 4 is 17.4 Å². The Morgan fingerprint density at radius 1 is 1.14 bits per heavy atom. The molecule has 3 N–H and O–H groups in total. The lowest BCUT2D eigenvalue weighted by molar-refractivity contribution is -0.120. The highest BCUT2D eigenvalue weighted by Gasteiger charge is 2.21. The van der Waals surface area contributed by atoms with E-state index in [9.17, 15) is 4.79 Å². The van der Waals surface area contributed by atoms with Gasteiger partial charge in [0.15, 0.2) is 0 Å². The largest absolute Gasteiger partial charge is 0.385 e. The van der Waals surface area contributed by atoms with Crippen LogP contribution in [0.15, 0.2) is 30.7 Å². The van der Waals surface area contributed by atoms with E-state index in [4.69, 9.17) is 4.74 Å². The van der Waals surface area contributed by atoms with E-state index in [-0.39, 0.29) is 11.8 Å². The zero-order valence-electron chi connectivity index (χ0n) is 16.6. The average Bonchev–Trinajstić information content (AvgIpc) is 2.79. The van der Waals surface area contributed by atoms with E-state index in [1.807, 2.05) is 12.1 Å². The molecule has 2 fully saturated rings. The van der Waals surface area contributed by atoms with Crippen molar-refractivity contribution in [2.75, 3.05) is 43.5 Å². The number of hydrogen-bond donors (Lipinski definition) is 3. The van der Waals surface area contributed by atoms with Crippen molar-refractivity contribution in [1.29, 1.82) is 0 Å². The number of nitrogens with one attached hydrogen (secondary N) is 3. The number of carbonyl (C=O) groups excluding carboxylic acids is 1. The summed E-state index contributed by atoms with van der Waals surface area (Å²) < 4.78 is 5.42. The van der Waals surface area contributed by atoms with Crippen molar-refractivity contribution < 1.29 is 9.53 Å². The van der Waals surface area contributed by atoms with Gasteiger partial charge in [-0.2, -0.15) is 0 Å². The molecule has 8 nitrogen and oxygen atoms in total. The van der Waals surface area contributed by atoms with Crippen molar-refractivity contribution in [2.24, 2.45) is 11.8 Å². The molecule has 2 aliphatic heterocycles. The van der Waals surface area contributed by atoms with Gasteiger partial charge in [-0.1, -0.05) is 0 Å². The highest BCUT2D eigenvalue weighted by atomic mass is 16.5. The molecule has 0 radical (unpaired) electrons. The second-order valence-corrected chi connectivity index (χ2v) is 7.69. The molecule has 0 aromatic carbocycles. The van der Waals surface area contributed by atoms with Gasteiger partial charge in [0.2, 0.25) is 5.91 Å². The van der Waals surface area contributed by atoms with E-state index in [0.717, 1.165) is 63.4 Å². The Kier molecular flexibility index (Phi) is 6.63. The number of rotatable bonds is 6. The first kappa shape index (κ1) is 19.7. The van der Waals surface area contributed by atoms with Crippen molar-refractivity contribution in [3.63, 3.8) is 0 Å². The van der Waals surface area contributed by atoms with Crippen molar-refractivity contribution in [3.05, 3.63) is 30.7 Å². The average molecular weight is 396 g/mol. The van der Waals surface area contributed by atoms with Gasteiger partial charge in [0.1, 0.15) is 12.1 Å². The molecule has 0 aliphatic carbocycles. The minimum atomic E-state index is -0.0157. The van der Waals surface area contributed by atoms with Gasteiger partial charge in [-0.15, -0.1) is 0 Å². The van der Waals surface area contributed by atoms with Crippen molar-refractivity contribution in [1.82, 2.24) is 20.3 Å². The first-order valence-electron chi connectivity index (χ1n) is 10.4. The monoisotopic (exact) mass is 396 g/mol. The van der Waals surface area contributed by atoms with Gasteiger partial charge in [-0.25, -0.2) is 9.97 Å². The number of nitrogens with zero attached hydrogens (tertiary/aromatic N) is 3. The highest BCUT2D eigenvalue weighted by molar-refractivity contribution is 5.92. The van der Waals surface area contributed by atoms with Crippen LogP contribution in [0.3, 0.4) is 0 Å². The summed E-state index contributed by atoms with van der Waals surface area (Å²) in [6.07, 6.45) is 7.35. The Balaban J connectivity index is 1.40. The summed E-state index contributed by atoms with van der Waals surface area (Å²) in [4.78, 5) is 25.4. The maximum absolute atomic E-state index is 12.5. The molecule has 0 spiro atoms. The third kappa shape index (κ3) is 5.48. The first-order valence-corrected chi connectivity index (χ1v) is 10.4. The van der Waals surface area contributed by atoms with Gasteiger partial charge in [-0.05, 0) is 50.3 Å². The number of amides is 1. The van der Waals surface area contributed by atoms with Gasteiger partial charge in [0, 0.05) is 44.3 Å². The highest BCUT2D eigenvalue weighted by Crippen LogP contribution is 2.22. The standard InChI is InChI=1S/C21H28N6O2/c28-21(16-2-1-6-22-13-16)27-20-11-19(25-14-26-20)18-10-17(3-7-23-18)24-12-15-4-8-29-9-5-15/h3,7,10-11,14-16,22H,1-2,4-6,8-9,12-13H2,(H,23,24)(H,25,26,27,28). The topological polar surface area (TPSA) is 101 Å². The van der Waals surface area contributed by atoms with Crippen LogP contribution in [-0.2, 0) is 9.53 Å². The molecule has 2 aliphatic rings. The van der Waals surface area contributed by atoms with Crippen LogP contribution in [0.4, 0.5) is 11.5 Å². The molecule has 4 heterocycles. The van der Waals surface area contributed by atoms with E-state index < -0.39 is 0 Å². The third-order valence-corrected chi connectivity index (χ3v) is 5.54. The maximum Gasteiger partial charge on any atom is 0.229 e. The SMILES string of the molecule is O=C(Nc1cc(-c2cc(NCC3CCOCC3)ccn2)ncn1)C1CCCNC1. The molecule has 2 aromatic rings. The van der Waals surface area contributed by atoms with Crippen LogP contribution in [-0.4, -0.2) is 53.7 Å². The Labute approximate surface area is 170 Å². The van der Waals surface area contributed by atoms with Gasteiger partial charge >= 0.3 is 0 Å².